The average molecular weight is 288 g/mol. The Morgan fingerprint density at radius 2 is 1.95 bits per heavy atom. The first-order valence-electron chi connectivity index (χ1n) is 7.14. The normalized spacial score (nSPS) is 14.9. The maximum atomic E-state index is 12.8. The smallest absolute Gasteiger partial charge is 0.263 e. The fraction of sp³-hybridized carbons (Fsp3) is 0.294. The molecular weight excluding hydrogens is 270 g/mol. The molecule has 110 valence electrons. The maximum absolute atomic E-state index is 12.8. The van der Waals surface area contributed by atoms with E-state index in [4.69, 9.17) is 0 Å². The molecule has 0 saturated carbocycles. The standard InChI is InChI=1S/C17H18F2N2/c18-17(19)14-6-3-4-13(10-14)12-21-9-8-20-11-15-5-1-2-7-16(15)21/h1-7,10,17,20H,8-9,11-12H2. The van der Waals surface area contributed by atoms with E-state index in [0.717, 1.165) is 25.2 Å². The second kappa shape index (κ2) is 6.22. The number of anilines is 1. The Morgan fingerprint density at radius 1 is 1.10 bits per heavy atom. The first-order chi connectivity index (χ1) is 10.2. The second-order valence-corrected chi connectivity index (χ2v) is 5.27. The van der Waals surface area contributed by atoms with Gasteiger partial charge >= 0.3 is 0 Å². The molecule has 0 aliphatic carbocycles. The topological polar surface area (TPSA) is 15.3 Å². The van der Waals surface area contributed by atoms with E-state index in [1.807, 2.05) is 18.2 Å². The summed E-state index contributed by atoms with van der Waals surface area (Å²) in [5.74, 6) is 0. The molecule has 3 rings (SSSR count). The summed E-state index contributed by atoms with van der Waals surface area (Å²) in [6, 6.07) is 15.0. The molecule has 2 aromatic rings. The summed E-state index contributed by atoms with van der Waals surface area (Å²) in [7, 11) is 0. The molecule has 0 unspecified atom stereocenters. The van der Waals surface area contributed by atoms with Crippen molar-refractivity contribution in [2.24, 2.45) is 0 Å². The predicted molar refractivity (Wildman–Crippen MR) is 80.6 cm³/mol. The van der Waals surface area contributed by atoms with Crippen LogP contribution in [0.3, 0.4) is 0 Å². The van der Waals surface area contributed by atoms with Gasteiger partial charge in [-0.25, -0.2) is 8.78 Å². The minimum atomic E-state index is -2.41. The Balaban J connectivity index is 1.86. The zero-order valence-electron chi connectivity index (χ0n) is 11.7. The molecule has 1 N–H and O–H groups in total. The molecule has 21 heavy (non-hydrogen) atoms. The van der Waals surface area contributed by atoms with Crippen molar-refractivity contribution >= 4 is 5.69 Å². The number of halogens is 2. The van der Waals surface area contributed by atoms with E-state index >= 15 is 0 Å². The number of benzene rings is 2. The molecule has 0 fully saturated rings. The van der Waals surface area contributed by atoms with Crippen LogP contribution in [0, 0.1) is 0 Å². The third kappa shape index (κ3) is 3.22. The number of para-hydroxylation sites is 1. The van der Waals surface area contributed by atoms with Crippen LogP contribution in [0.5, 0.6) is 0 Å². The van der Waals surface area contributed by atoms with Crippen LogP contribution in [0.4, 0.5) is 14.5 Å². The molecule has 1 aliphatic heterocycles. The number of nitrogens with zero attached hydrogens (tertiary/aromatic N) is 1. The SMILES string of the molecule is FC(F)c1cccc(CN2CCNCc3ccccc32)c1. The Bertz CT molecular complexity index is 613. The average Bonchev–Trinajstić information content (AvgIpc) is 2.70. The summed E-state index contributed by atoms with van der Waals surface area (Å²) in [6.45, 7) is 3.27. The molecule has 0 radical (unpaired) electrons. The van der Waals surface area contributed by atoms with Crippen molar-refractivity contribution in [2.45, 2.75) is 19.5 Å². The molecule has 0 atom stereocenters. The number of hydrogen-bond acceptors (Lipinski definition) is 2. The highest BCUT2D eigenvalue weighted by atomic mass is 19.3. The number of alkyl halides is 2. The molecule has 0 bridgehead atoms. The van der Waals surface area contributed by atoms with Crippen molar-refractivity contribution in [2.75, 3.05) is 18.0 Å². The van der Waals surface area contributed by atoms with E-state index < -0.39 is 6.43 Å². The van der Waals surface area contributed by atoms with Gasteiger partial charge in [0.1, 0.15) is 0 Å². The first-order valence-corrected chi connectivity index (χ1v) is 7.14. The Hall–Kier alpha value is -1.94. The summed E-state index contributed by atoms with van der Waals surface area (Å²) in [5.41, 5.74) is 3.45. The van der Waals surface area contributed by atoms with E-state index in [1.165, 1.54) is 17.3 Å². The van der Waals surface area contributed by atoms with Gasteiger partial charge < -0.3 is 10.2 Å². The van der Waals surface area contributed by atoms with Crippen LogP contribution in [0.1, 0.15) is 23.1 Å². The molecule has 0 spiro atoms. The van der Waals surface area contributed by atoms with Crippen molar-refractivity contribution in [3.05, 3.63) is 65.2 Å². The van der Waals surface area contributed by atoms with E-state index in [1.54, 1.807) is 12.1 Å². The number of hydrogen-bond donors (Lipinski definition) is 1. The van der Waals surface area contributed by atoms with Crippen LogP contribution in [0.15, 0.2) is 48.5 Å². The molecule has 4 heteroatoms. The fourth-order valence-electron chi connectivity index (χ4n) is 2.74. The fourth-order valence-corrected chi connectivity index (χ4v) is 2.74. The highest BCUT2D eigenvalue weighted by Crippen LogP contribution is 2.25. The van der Waals surface area contributed by atoms with Gasteiger partial charge in [0.2, 0.25) is 0 Å². The van der Waals surface area contributed by atoms with Gasteiger partial charge in [-0.15, -0.1) is 0 Å². The molecule has 2 nitrogen and oxygen atoms in total. The van der Waals surface area contributed by atoms with E-state index in [2.05, 4.69) is 22.3 Å². The van der Waals surface area contributed by atoms with E-state index in [0.29, 0.717) is 6.54 Å². The summed E-state index contributed by atoms with van der Waals surface area (Å²) in [6.07, 6.45) is -2.41. The lowest BCUT2D eigenvalue weighted by Gasteiger charge is -2.25. The summed E-state index contributed by atoms with van der Waals surface area (Å²) in [4.78, 5) is 2.25. The minimum Gasteiger partial charge on any atom is -0.366 e. The van der Waals surface area contributed by atoms with Crippen molar-refractivity contribution in [1.29, 1.82) is 0 Å². The van der Waals surface area contributed by atoms with Crippen LogP contribution in [0.25, 0.3) is 0 Å². The third-order valence-electron chi connectivity index (χ3n) is 3.78. The lowest BCUT2D eigenvalue weighted by atomic mass is 10.1. The monoisotopic (exact) mass is 288 g/mol. The van der Waals surface area contributed by atoms with Crippen LogP contribution >= 0.6 is 0 Å². The molecule has 1 heterocycles. The Morgan fingerprint density at radius 3 is 2.81 bits per heavy atom. The molecule has 2 aromatic carbocycles. The zero-order chi connectivity index (χ0) is 14.7. The third-order valence-corrected chi connectivity index (χ3v) is 3.78. The van der Waals surface area contributed by atoms with Gasteiger partial charge in [-0.05, 0) is 23.3 Å². The Labute approximate surface area is 123 Å². The van der Waals surface area contributed by atoms with E-state index in [9.17, 15) is 8.78 Å². The van der Waals surface area contributed by atoms with Gasteiger partial charge in [0.15, 0.2) is 0 Å². The van der Waals surface area contributed by atoms with Crippen LogP contribution in [-0.4, -0.2) is 13.1 Å². The number of nitrogens with one attached hydrogen (secondary N) is 1. The van der Waals surface area contributed by atoms with Crippen molar-refractivity contribution < 1.29 is 8.78 Å². The lowest BCUT2D eigenvalue weighted by molar-refractivity contribution is 0.151. The van der Waals surface area contributed by atoms with Crippen LogP contribution < -0.4 is 10.2 Å². The predicted octanol–water partition coefficient (Wildman–Crippen LogP) is 3.73. The minimum absolute atomic E-state index is 0.0914. The summed E-state index contributed by atoms with van der Waals surface area (Å²) in [5, 5.41) is 3.39. The first kappa shape index (κ1) is 14.0. The van der Waals surface area contributed by atoms with Gasteiger partial charge in [0.25, 0.3) is 6.43 Å². The number of fused-ring (bicyclic) bond motifs is 1. The number of rotatable bonds is 3. The van der Waals surface area contributed by atoms with Crippen LogP contribution in [-0.2, 0) is 13.1 Å². The highest BCUT2D eigenvalue weighted by Gasteiger charge is 2.15. The second-order valence-electron chi connectivity index (χ2n) is 5.27. The molecule has 0 saturated heterocycles. The zero-order valence-corrected chi connectivity index (χ0v) is 11.7. The largest absolute Gasteiger partial charge is 0.366 e. The molecule has 0 aromatic heterocycles. The quantitative estimate of drug-likeness (QED) is 0.925. The van der Waals surface area contributed by atoms with Gasteiger partial charge in [-0.1, -0.05) is 36.4 Å². The van der Waals surface area contributed by atoms with Crippen molar-refractivity contribution in [3.8, 4) is 0 Å². The van der Waals surface area contributed by atoms with E-state index in [-0.39, 0.29) is 5.56 Å². The summed E-state index contributed by atoms with van der Waals surface area (Å²) < 4.78 is 25.6. The highest BCUT2D eigenvalue weighted by molar-refractivity contribution is 5.54. The van der Waals surface area contributed by atoms with Gasteiger partial charge in [0.05, 0.1) is 0 Å². The van der Waals surface area contributed by atoms with Gasteiger partial charge in [-0.2, -0.15) is 0 Å². The molecular formula is C17H18F2N2. The lowest BCUT2D eigenvalue weighted by Crippen LogP contribution is -2.28. The maximum Gasteiger partial charge on any atom is 0.263 e. The van der Waals surface area contributed by atoms with Crippen molar-refractivity contribution in [1.82, 2.24) is 5.32 Å². The Kier molecular flexibility index (Phi) is 4.15. The van der Waals surface area contributed by atoms with Crippen molar-refractivity contribution in [3.63, 3.8) is 0 Å². The van der Waals surface area contributed by atoms with Crippen LogP contribution in [0.2, 0.25) is 0 Å². The molecule has 1 aliphatic rings. The van der Waals surface area contributed by atoms with Gasteiger partial charge in [0, 0.05) is 37.4 Å². The summed E-state index contributed by atoms with van der Waals surface area (Å²) >= 11 is 0. The molecule has 0 amide bonds. The van der Waals surface area contributed by atoms with Gasteiger partial charge in [-0.3, -0.25) is 0 Å².